The van der Waals surface area contributed by atoms with Gasteiger partial charge in [0, 0.05) is 22.2 Å². The Morgan fingerprint density at radius 3 is 2.35 bits per heavy atom. The van der Waals surface area contributed by atoms with Gasteiger partial charge in [0.2, 0.25) is 5.91 Å². The summed E-state index contributed by atoms with van der Waals surface area (Å²) < 4.78 is 40.2. The second-order valence-corrected chi connectivity index (χ2v) is 8.67. The van der Waals surface area contributed by atoms with Gasteiger partial charge in [0.15, 0.2) is 11.9 Å². The standard InChI is InChI=1S/C22H21Cl2F3N6O4/c23-13-7-5-12(6-8-13)19-31-33(21(37)32(19)10-17(34)22(25,26)27)11-18(35)29-9-16(30-20(28)36)14-3-1-2-4-15(14)24/h1-8,16-17,34H,9-11H2,(H,29,35)(H3,28,30,36)/t16?,17-/m0/s1. The van der Waals surface area contributed by atoms with Crippen molar-refractivity contribution in [3.8, 4) is 11.4 Å². The Bertz CT molecular complexity index is 1330. The predicted molar refractivity (Wildman–Crippen MR) is 129 cm³/mol. The number of rotatable bonds is 9. The van der Waals surface area contributed by atoms with Gasteiger partial charge in [-0.1, -0.05) is 41.4 Å². The molecule has 1 heterocycles. The van der Waals surface area contributed by atoms with Crippen LogP contribution in [0.4, 0.5) is 18.0 Å². The predicted octanol–water partition coefficient (Wildman–Crippen LogP) is 2.47. The van der Waals surface area contributed by atoms with Gasteiger partial charge >= 0.3 is 17.9 Å². The SMILES string of the molecule is NC(=O)NC(CNC(=O)Cn1nc(-c2ccc(Cl)cc2)n(C[C@H](O)C(F)(F)F)c1=O)c1ccccc1Cl. The van der Waals surface area contributed by atoms with Crippen molar-refractivity contribution in [2.45, 2.75) is 31.4 Å². The third-order valence-corrected chi connectivity index (χ3v) is 5.75. The number of amides is 3. The number of aliphatic hydroxyl groups is 1. The van der Waals surface area contributed by atoms with E-state index in [2.05, 4.69) is 15.7 Å². The molecule has 0 saturated carbocycles. The number of nitrogens with two attached hydrogens (primary N) is 1. The van der Waals surface area contributed by atoms with Crippen LogP contribution in [0, 0.1) is 0 Å². The molecule has 198 valence electrons. The summed E-state index contributed by atoms with van der Waals surface area (Å²) in [5.74, 6) is -0.948. The highest BCUT2D eigenvalue weighted by Crippen LogP contribution is 2.24. The van der Waals surface area contributed by atoms with Crippen molar-refractivity contribution in [2.24, 2.45) is 5.73 Å². The first-order valence-electron chi connectivity index (χ1n) is 10.6. The van der Waals surface area contributed by atoms with Gasteiger partial charge in [0.25, 0.3) is 0 Å². The van der Waals surface area contributed by atoms with E-state index in [4.69, 9.17) is 28.9 Å². The maximum absolute atomic E-state index is 13.0. The summed E-state index contributed by atoms with van der Waals surface area (Å²) in [5, 5.41) is 19.1. The molecule has 1 aromatic heterocycles. The molecule has 15 heteroatoms. The van der Waals surface area contributed by atoms with Crippen molar-refractivity contribution in [1.82, 2.24) is 25.0 Å². The summed E-state index contributed by atoms with van der Waals surface area (Å²) in [6.07, 6.45) is -7.84. The maximum atomic E-state index is 13.0. The van der Waals surface area contributed by atoms with Crippen molar-refractivity contribution in [3.05, 3.63) is 74.6 Å². The van der Waals surface area contributed by atoms with Crippen molar-refractivity contribution < 1.29 is 27.9 Å². The van der Waals surface area contributed by atoms with E-state index >= 15 is 0 Å². The largest absolute Gasteiger partial charge is 0.416 e. The summed E-state index contributed by atoms with van der Waals surface area (Å²) in [4.78, 5) is 36.9. The lowest BCUT2D eigenvalue weighted by Crippen LogP contribution is -2.42. The van der Waals surface area contributed by atoms with Crippen LogP contribution in [0.3, 0.4) is 0 Å². The number of carbonyl (C=O) groups excluding carboxylic acids is 2. The van der Waals surface area contributed by atoms with E-state index < -0.39 is 49.0 Å². The van der Waals surface area contributed by atoms with Crippen LogP contribution in [0.5, 0.6) is 0 Å². The van der Waals surface area contributed by atoms with Gasteiger partial charge in [0.1, 0.15) is 6.54 Å². The lowest BCUT2D eigenvalue weighted by Gasteiger charge is -2.19. The van der Waals surface area contributed by atoms with E-state index in [1.165, 1.54) is 24.3 Å². The molecule has 37 heavy (non-hydrogen) atoms. The van der Waals surface area contributed by atoms with Crippen LogP contribution in [0.2, 0.25) is 10.0 Å². The zero-order valence-electron chi connectivity index (χ0n) is 18.9. The monoisotopic (exact) mass is 560 g/mol. The zero-order valence-corrected chi connectivity index (χ0v) is 20.4. The molecule has 3 amide bonds. The number of primary amides is 1. The van der Waals surface area contributed by atoms with Crippen molar-refractivity contribution in [2.75, 3.05) is 6.54 Å². The molecule has 0 bridgehead atoms. The van der Waals surface area contributed by atoms with E-state index in [1.54, 1.807) is 24.3 Å². The Balaban J connectivity index is 1.84. The highest BCUT2D eigenvalue weighted by atomic mass is 35.5. The summed E-state index contributed by atoms with van der Waals surface area (Å²) >= 11 is 12.0. The molecule has 0 aliphatic heterocycles. The number of nitrogens with zero attached hydrogens (tertiary/aromatic N) is 3. The van der Waals surface area contributed by atoms with E-state index in [0.29, 0.717) is 24.9 Å². The average molecular weight is 561 g/mol. The van der Waals surface area contributed by atoms with E-state index in [1.807, 2.05) is 0 Å². The summed E-state index contributed by atoms with van der Waals surface area (Å²) in [7, 11) is 0. The second kappa shape index (κ2) is 11.7. The highest BCUT2D eigenvalue weighted by Gasteiger charge is 2.39. The third kappa shape index (κ3) is 7.24. The first-order chi connectivity index (χ1) is 17.4. The number of aromatic nitrogens is 3. The molecule has 5 N–H and O–H groups in total. The first-order valence-corrected chi connectivity index (χ1v) is 11.4. The van der Waals surface area contributed by atoms with Gasteiger partial charge in [-0.15, -0.1) is 5.10 Å². The Kier molecular flexibility index (Phi) is 8.84. The van der Waals surface area contributed by atoms with Crippen LogP contribution >= 0.6 is 23.2 Å². The number of carbonyl (C=O) groups is 2. The molecule has 2 atom stereocenters. The molecule has 0 spiro atoms. The fraction of sp³-hybridized carbons (Fsp3) is 0.273. The van der Waals surface area contributed by atoms with Crippen LogP contribution in [0.25, 0.3) is 11.4 Å². The lowest BCUT2D eigenvalue weighted by molar-refractivity contribution is -0.207. The summed E-state index contributed by atoms with van der Waals surface area (Å²) in [5.41, 5.74) is 4.86. The fourth-order valence-electron chi connectivity index (χ4n) is 3.37. The number of halogens is 5. The summed E-state index contributed by atoms with van der Waals surface area (Å²) in [6, 6.07) is 10.6. The lowest BCUT2D eigenvalue weighted by atomic mass is 10.1. The number of nitrogens with one attached hydrogen (secondary N) is 2. The molecule has 0 aliphatic rings. The molecule has 0 fully saturated rings. The van der Waals surface area contributed by atoms with Crippen LogP contribution in [0.15, 0.2) is 53.3 Å². The van der Waals surface area contributed by atoms with Crippen molar-refractivity contribution >= 4 is 35.1 Å². The number of alkyl halides is 3. The number of aliphatic hydroxyl groups excluding tert-OH is 1. The molecule has 0 saturated heterocycles. The van der Waals surface area contributed by atoms with E-state index in [9.17, 15) is 32.7 Å². The number of urea groups is 1. The molecular weight excluding hydrogens is 540 g/mol. The molecule has 0 aliphatic carbocycles. The van der Waals surface area contributed by atoms with Gasteiger partial charge in [-0.2, -0.15) is 13.2 Å². The molecule has 10 nitrogen and oxygen atoms in total. The number of hydrogen-bond acceptors (Lipinski definition) is 5. The molecule has 0 radical (unpaired) electrons. The quantitative estimate of drug-likeness (QED) is 0.317. The van der Waals surface area contributed by atoms with Crippen LogP contribution < -0.4 is 22.1 Å². The molecule has 1 unspecified atom stereocenters. The van der Waals surface area contributed by atoms with Crippen LogP contribution in [-0.2, 0) is 17.9 Å². The third-order valence-electron chi connectivity index (χ3n) is 5.15. The molecule has 2 aromatic carbocycles. The van der Waals surface area contributed by atoms with E-state index in [-0.39, 0.29) is 17.9 Å². The Morgan fingerprint density at radius 2 is 1.76 bits per heavy atom. The first kappa shape index (κ1) is 28.0. The second-order valence-electron chi connectivity index (χ2n) is 7.83. The number of hydrogen-bond donors (Lipinski definition) is 4. The highest BCUT2D eigenvalue weighted by molar-refractivity contribution is 6.31. The zero-order chi connectivity index (χ0) is 27.3. The maximum Gasteiger partial charge on any atom is 0.416 e. The fourth-order valence-corrected chi connectivity index (χ4v) is 3.77. The Hall–Kier alpha value is -3.55. The van der Waals surface area contributed by atoms with Gasteiger partial charge < -0.3 is 21.5 Å². The van der Waals surface area contributed by atoms with Crippen LogP contribution in [0.1, 0.15) is 11.6 Å². The van der Waals surface area contributed by atoms with Gasteiger partial charge in [-0.25, -0.2) is 14.3 Å². The topological polar surface area (TPSA) is 144 Å². The van der Waals surface area contributed by atoms with Crippen LogP contribution in [-0.4, -0.2) is 50.2 Å². The van der Waals surface area contributed by atoms with Gasteiger partial charge in [-0.05, 0) is 35.9 Å². The van der Waals surface area contributed by atoms with E-state index in [0.717, 1.165) is 0 Å². The summed E-state index contributed by atoms with van der Waals surface area (Å²) in [6.45, 7) is -1.98. The van der Waals surface area contributed by atoms with Gasteiger partial charge in [-0.3, -0.25) is 9.36 Å². The normalized spacial score (nSPS) is 13.1. The molecular formula is C22H21Cl2F3N6O4. The molecule has 3 aromatic rings. The number of benzene rings is 2. The molecule has 3 rings (SSSR count). The Morgan fingerprint density at radius 1 is 1.11 bits per heavy atom. The minimum atomic E-state index is -4.99. The average Bonchev–Trinajstić information content (AvgIpc) is 3.11. The van der Waals surface area contributed by atoms with Crippen molar-refractivity contribution in [3.63, 3.8) is 0 Å². The Labute approximate surface area is 217 Å². The van der Waals surface area contributed by atoms with Crippen molar-refractivity contribution in [1.29, 1.82) is 0 Å². The minimum absolute atomic E-state index is 0.169. The minimum Gasteiger partial charge on any atom is -0.382 e. The smallest absolute Gasteiger partial charge is 0.382 e. The van der Waals surface area contributed by atoms with Gasteiger partial charge in [0.05, 0.1) is 12.6 Å².